The molecule has 0 aliphatic heterocycles. The van der Waals surface area contributed by atoms with Crippen molar-refractivity contribution in [1.82, 2.24) is 9.78 Å². The van der Waals surface area contributed by atoms with Crippen molar-refractivity contribution >= 4 is 19.7 Å². The third-order valence-corrected chi connectivity index (χ3v) is 4.68. The van der Waals surface area contributed by atoms with E-state index >= 15 is 0 Å². The zero-order valence-corrected chi connectivity index (χ0v) is 14.7. The molecule has 118 valence electrons. The molecule has 1 heterocycles. The maximum absolute atomic E-state index is 11.9. The molecule has 0 saturated heterocycles. The van der Waals surface area contributed by atoms with Crippen LogP contribution in [-0.4, -0.2) is 31.1 Å². The van der Waals surface area contributed by atoms with E-state index in [0.29, 0.717) is 25.4 Å². The molecule has 0 amide bonds. The Morgan fingerprint density at radius 3 is 2.76 bits per heavy atom. The summed E-state index contributed by atoms with van der Waals surface area (Å²) in [7, 11) is -1.13. The number of aromatic nitrogens is 2. The van der Waals surface area contributed by atoms with E-state index in [1.807, 2.05) is 0 Å². The quantitative estimate of drug-likeness (QED) is 0.396. The Hall–Kier alpha value is -1.11. The predicted octanol–water partition coefficient (Wildman–Crippen LogP) is 3.16. The van der Waals surface area contributed by atoms with Gasteiger partial charge in [0.2, 0.25) is 0 Å². The lowest BCUT2D eigenvalue weighted by atomic mass is 10.4. The van der Waals surface area contributed by atoms with Gasteiger partial charge in [-0.2, -0.15) is 5.10 Å². The van der Waals surface area contributed by atoms with E-state index in [-0.39, 0.29) is 17.4 Å². The number of rotatable bonds is 9. The van der Waals surface area contributed by atoms with Crippen molar-refractivity contribution in [3.63, 3.8) is 0 Å². The van der Waals surface area contributed by atoms with E-state index in [4.69, 9.17) is 21.1 Å². The van der Waals surface area contributed by atoms with Crippen LogP contribution in [-0.2, 0) is 11.5 Å². The Labute approximate surface area is 131 Å². The van der Waals surface area contributed by atoms with E-state index < -0.39 is 8.07 Å². The number of nitrogens with zero attached hydrogens (tertiary/aromatic N) is 2. The topological polar surface area (TPSA) is 53.4 Å². The zero-order chi connectivity index (χ0) is 15.9. The van der Waals surface area contributed by atoms with Crippen LogP contribution in [0.2, 0.25) is 30.8 Å². The predicted molar refractivity (Wildman–Crippen MR) is 87.9 cm³/mol. The van der Waals surface area contributed by atoms with E-state index in [9.17, 15) is 4.79 Å². The van der Waals surface area contributed by atoms with Gasteiger partial charge in [0.1, 0.15) is 6.73 Å². The zero-order valence-electron chi connectivity index (χ0n) is 12.9. The number of hydrogen-bond acceptors (Lipinski definition) is 4. The van der Waals surface area contributed by atoms with Crippen LogP contribution in [0.5, 0.6) is 5.75 Å². The van der Waals surface area contributed by atoms with Crippen molar-refractivity contribution < 1.29 is 9.47 Å². The highest BCUT2D eigenvalue weighted by Gasteiger charge is 2.13. The van der Waals surface area contributed by atoms with Gasteiger partial charge in [0, 0.05) is 14.7 Å². The second-order valence-electron chi connectivity index (χ2n) is 5.91. The average molecular weight is 331 g/mol. The summed E-state index contributed by atoms with van der Waals surface area (Å²) in [4.78, 5) is 11.9. The van der Waals surface area contributed by atoms with Crippen molar-refractivity contribution in [2.75, 3.05) is 13.2 Å². The molecule has 0 bridgehead atoms. The molecule has 0 aliphatic carbocycles. The van der Waals surface area contributed by atoms with Gasteiger partial charge in [0.25, 0.3) is 5.56 Å². The van der Waals surface area contributed by atoms with Gasteiger partial charge in [-0.25, -0.2) is 4.68 Å². The monoisotopic (exact) mass is 330 g/mol. The highest BCUT2D eigenvalue weighted by molar-refractivity contribution is 6.76. The summed E-state index contributed by atoms with van der Waals surface area (Å²) in [6.07, 6.45) is 2.41. The highest BCUT2D eigenvalue weighted by Crippen LogP contribution is 2.18. The third-order valence-electron chi connectivity index (χ3n) is 2.71. The smallest absolute Gasteiger partial charge is 0.272 e. The summed E-state index contributed by atoms with van der Waals surface area (Å²) < 4.78 is 12.1. The minimum Gasteiger partial charge on any atom is -0.490 e. The summed E-state index contributed by atoms with van der Waals surface area (Å²) in [5.74, 6) is 0.293. The molecule has 0 aliphatic rings. The molecule has 5 nitrogen and oxygen atoms in total. The van der Waals surface area contributed by atoms with E-state index in [2.05, 4.69) is 31.3 Å². The molecule has 0 N–H and O–H groups in total. The fourth-order valence-corrected chi connectivity index (χ4v) is 2.38. The van der Waals surface area contributed by atoms with Crippen molar-refractivity contribution in [3.05, 3.63) is 34.2 Å². The molecular weight excluding hydrogens is 308 g/mol. The Balaban J connectivity index is 2.58. The van der Waals surface area contributed by atoms with Crippen molar-refractivity contribution in [1.29, 1.82) is 0 Å². The van der Waals surface area contributed by atoms with Gasteiger partial charge in [0.15, 0.2) is 10.9 Å². The Morgan fingerprint density at radius 2 is 2.14 bits per heavy atom. The molecule has 0 aromatic carbocycles. The highest BCUT2D eigenvalue weighted by atomic mass is 35.5. The van der Waals surface area contributed by atoms with Crippen LogP contribution in [0, 0.1) is 0 Å². The molecule has 21 heavy (non-hydrogen) atoms. The molecule has 0 fully saturated rings. The second kappa shape index (κ2) is 8.36. The third kappa shape index (κ3) is 6.93. The molecule has 0 unspecified atom stereocenters. The van der Waals surface area contributed by atoms with Crippen LogP contribution in [0.1, 0.15) is 6.42 Å². The maximum atomic E-state index is 11.9. The normalized spacial score (nSPS) is 11.4. The standard InChI is InChI=1S/C14H23ClN2O3Si/c1-5-6-7-20-12-10-13(18)17(16-14(12)15)11-19-8-9-21(2,3)4/h5,10H,1,6-9,11H2,2-4H3. The first-order valence-electron chi connectivity index (χ1n) is 6.92. The molecule has 0 radical (unpaired) electrons. The summed E-state index contributed by atoms with van der Waals surface area (Å²) in [6.45, 7) is 11.6. The van der Waals surface area contributed by atoms with Gasteiger partial charge < -0.3 is 9.47 Å². The first-order chi connectivity index (χ1) is 9.83. The first-order valence-corrected chi connectivity index (χ1v) is 11.0. The molecule has 1 rings (SSSR count). The minimum atomic E-state index is -1.13. The maximum Gasteiger partial charge on any atom is 0.272 e. The van der Waals surface area contributed by atoms with E-state index in [1.54, 1.807) is 6.08 Å². The summed E-state index contributed by atoms with van der Waals surface area (Å²) >= 11 is 6.00. The van der Waals surface area contributed by atoms with Gasteiger partial charge in [-0.15, -0.1) is 6.58 Å². The molecule has 1 aromatic heterocycles. The largest absolute Gasteiger partial charge is 0.490 e. The summed E-state index contributed by atoms with van der Waals surface area (Å²) in [5, 5.41) is 4.15. The van der Waals surface area contributed by atoms with E-state index in [1.165, 1.54) is 10.7 Å². The number of hydrogen-bond donors (Lipinski definition) is 0. The molecule has 0 spiro atoms. The number of ether oxygens (including phenoxy) is 2. The average Bonchev–Trinajstić information content (AvgIpc) is 2.38. The van der Waals surface area contributed by atoms with Gasteiger partial charge in [-0.05, 0) is 12.5 Å². The summed E-state index contributed by atoms with van der Waals surface area (Å²) in [5.41, 5.74) is -0.291. The van der Waals surface area contributed by atoms with Crippen LogP contribution < -0.4 is 10.3 Å². The minimum absolute atomic E-state index is 0.107. The van der Waals surface area contributed by atoms with Crippen molar-refractivity contribution in [2.24, 2.45) is 0 Å². The van der Waals surface area contributed by atoms with Crippen LogP contribution in [0.25, 0.3) is 0 Å². The molecule has 7 heteroatoms. The van der Waals surface area contributed by atoms with E-state index in [0.717, 1.165) is 6.04 Å². The van der Waals surface area contributed by atoms with Crippen molar-refractivity contribution in [3.8, 4) is 5.75 Å². The van der Waals surface area contributed by atoms with Crippen LogP contribution in [0.15, 0.2) is 23.5 Å². The molecule has 1 aromatic rings. The van der Waals surface area contributed by atoms with Gasteiger partial charge in [-0.3, -0.25) is 4.79 Å². The Kier molecular flexibility index (Phi) is 7.14. The molecule has 0 atom stereocenters. The second-order valence-corrected chi connectivity index (χ2v) is 11.9. The number of halogens is 1. The van der Waals surface area contributed by atoms with Crippen LogP contribution in [0.3, 0.4) is 0 Å². The van der Waals surface area contributed by atoms with Crippen molar-refractivity contribution in [2.45, 2.75) is 38.8 Å². The van der Waals surface area contributed by atoms with Gasteiger partial charge >= 0.3 is 0 Å². The SMILES string of the molecule is C=CCCOc1cc(=O)n(COCC[Si](C)(C)C)nc1Cl. The first kappa shape index (κ1) is 17.9. The van der Waals surface area contributed by atoms with Crippen LogP contribution in [0.4, 0.5) is 0 Å². The lowest BCUT2D eigenvalue weighted by molar-refractivity contribution is 0.0747. The molecular formula is C14H23ClN2O3Si. The fourth-order valence-electron chi connectivity index (χ4n) is 1.43. The van der Waals surface area contributed by atoms with Gasteiger partial charge in [0.05, 0.1) is 12.7 Å². The van der Waals surface area contributed by atoms with Crippen LogP contribution >= 0.6 is 11.6 Å². The Morgan fingerprint density at radius 1 is 1.43 bits per heavy atom. The summed E-state index contributed by atoms with van der Waals surface area (Å²) in [6, 6.07) is 2.37. The Bertz CT molecular complexity index is 526. The lowest BCUT2D eigenvalue weighted by Crippen LogP contribution is -2.26. The fraction of sp³-hybridized carbons (Fsp3) is 0.571. The molecule has 0 saturated carbocycles. The lowest BCUT2D eigenvalue weighted by Gasteiger charge is -2.15. The van der Waals surface area contributed by atoms with Gasteiger partial charge in [-0.1, -0.05) is 37.3 Å².